The highest BCUT2D eigenvalue weighted by molar-refractivity contribution is 8.00. The van der Waals surface area contributed by atoms with Crippen LogP contribution in [0.2, 0.25) is 0 Å². The molecule has 2 aliphatic rings. The molecule has 3 atom stereocenters. The molecule has 0 spiro atoms. The Labute approximate surface area is 256 Å². The average molecular weight is 616 g/mol. The topological polar surface area (TPSA) is 88.5 Å². The van der Waals surface area contributed by atoms with Gasteiger partial charge in [-0.1, -0.05) is 85.8 Å². The van der Waals surface area contributed by atoms with Gasteiger partial charge in [-0.3, -0.25) is 23.7 Å². The van der Waals surface area contributed by atoms with Crippen molar-refractivity contribution in [1.82, 2.24) is 4.57 Å². The van der Waals surface area contributed by atoms with Crippen LogP contribution in [-0.2, 0) is 26.3 Å². The zero-order valence-corrected chi connectivity index (χ0v) is 25.7. The monoisotopic (exact) mass is 615 g/mol. The van der Waals surface area contributed by atoms with Crippen molar-refractivity contribution in [2.24, 2.45) is 5.92 Å². The van der Waals surface area contributed by atoms with E-state index in [9.17, 15) is 23.6 Å². The molecule has 220 valence electrons. The minimum absolute atomic E-state index is 0.0813. The summed E-state index contributed by atoms with van der Waals surface area (Å²) in [6.45, 7) is 8.01. The lowest BCUT2D eigenvalue weighted by molar-refractivity contribution is -0.122. The molecule has 4 aromatic rings. The van der Waals surface area contributed by atoms with E-state index in [-0.39, 0.29) is 28.6 Å². The van der Waals surface area contributed by atoms with Crippen LogP contribution in [0.25, 0.3) is 0 Å². The van der Waals surface area contributed by atoms with Crippen molar-refractivity contribution >= 4 is 52.2 Å². The highest BCUT2D eigenvalue weighted by Gasteiger charge is 2.56. The van der Waals surface area contributed by atoms with Gasteiger partial charge in [0.05, 0.1) is 16.6 Å². The number of hydrogen-bond acceptors (Lipinski definition) is 6. The molecule has 3 aromatic carbocycles. The fourth-order valence-electron chi connectivity index (χ4n) is 5.63. The number of carbonyl (C=O) groups is 3. The van der Waals surface area contributed by atoms with Crippen LogP contribution in [0.15, 0.2) is 82.6 Å². The summed E-state index contributed by atoms with van der Waals surface area (Å²) in [5.74, 6) is -2.79. The molecule has 0 bridgehead atoms. The molecule has 6 rings (SSSR count). The van der Waals surface area contributed by atoms with Crippen molar-refractivity contribution in [2.75, 3.05) is 10.2 Å². The third-order valence-corrected chi connectivity index (χ3v) is 10.5. The zero-order valence-electron chi connectivity index (χ0n) is 24.1. The fraction of sp³-hybridized carbons (Fsp3) is 0.273. The van der Waals surface area contributed by atoms with Gasteiger partial charge in [0.2, 0.25) is 17.7 Å². The Morgan fingerprint density at radius 3 is 2.19 bits per heavy atom. The first-order valence-corrected chi connectivity index (χ1v) is 15.6. The second-order valence-corrected chi connectivity index (χ2v) is 14.1. The van der Waals surface area contributed by atoms with Crippen molar-refractivity contribution in [3.63, 3.8) is 0 Å². The number of halogens is 1. The van der Waals surface area contributed by atoms with Gasteiger partial charge < -0.3 is 5.32 Å². The van der Waals surface area contributed by atoms with Crippen LogP contribution in [-0.4, -0.2) is 27.5 Å². The number of nitrogens with one attached hydrogen (secondary N) is 1. The quantitative estimate of drug-likeness (QED) is 0.275. The molecular formula is C33H30FN3O4S2. The zero-order chi connectivity index (χ0) is 30.6. The molecule has 10 heteroatoms. The van der Waals surface area contributed by atoms with Gasteiger partial charge in [-0.15, -0.1) is 0 Å². The summed E-state index contributed by atoms with van der Waals surface area (Å²) in [5.41, 5.74) is 3.80. The van der Waals surface area contributed by atoms with E-state index < -0.39 is 28.8 Å². The third-order valence-electron chi connectivity index (χ3n) is 7.91. The van der Waals surface area contributed by atoms with Crippen LogP contribution in [0.3, 0.4) is 0 Å². The molecule has 1 aromatic heterocycles. The summed E-state index contributed by atoms with van der Waals surface area (Å²) >= 11 is 2.18. The van der Waals surface area contributed by atoms with Gasteiger partial charge in [-0.2, -0.15) is 0 Å². The molecule has 2 unspecified atom stereocenters. The molecule has 3 heterocycles. The largest absolute Gasteiger partial charge is 0.325 e. The number of aromatic nitrogens is 1. The number of fused-ring (bicyclic) bond motifs is 2. The second kappa shape index (κ2) is 10.9. The van der Waals surface area contributed by atoms with Crippen molar-refractivity contribution in [3.8, 4) is 0 Å². The predicted octanol–water partition coefficient (Wildman–Crippen LogP) is 6.09. The number of anilines is 2. The summed E-state index contributed by atoms with van der Waals surface area (Å²) in [4.78, 5) is 55.9. The smallest absolute Gasteiger partial charge is 0.308 e. The molecule has 0 radical (unpaired) electrons. The molecular weight excluding hydrogens is 586 g/mol. The number of rotatable bonds is 5. The molecule has 7 nitrogen and oxygen atoms in total. The summed E-state index contributed by atoms with van der Waals surface area (Å²) in [6.07, 6.45) is 0. The number of thiazole rings is 1. The molecule has 2 aliphatic heterocycles. The molecule has 3 amide bonds. The van der Waals surface area contributed by atoms with Crippen LogP contribution in [0.4, 0.5) is 15.8 Å². The van der Waals surface area contributed by atoms with Gasteiger partial charge in [-0.05, 0) is 59.9 Å². The maximum absolute atomic E-state index is 14.1. The first-order chi connectivity index (χ1) is 20.4. The van der Waals surface area contributed by atoms with Crippen molar-refractivity contribution in [1.29, 1.82) is 0 Å². The number of aryl methyl sites for hydroxylation is 1. The standard InChI is InChI=1S/C33H30FN3O4S2/c1-18-5-15-23(16-6-18)37-29(39)26-25(19-7-9-20(10-8-19)33(2,3)4)28-31(42-27(26)30(37)40)36(32(41)43-28)17-24(38)35-22-13-11-21(34)12-14-22/h5-16,25-27H,17H2,1-4H3,(H,35,38)/t25-,26?,27?/m1/s1. The summed E-state index contributed by atoms with van der Waals surface area (Å²) in [7, 11) is 0. The minimum atomic E-state index is -0.769. The van der Waals surface area contributed by atoms with Crippen LogP contribution >= 0.6 is 23.1 Å². The number of carbonyl (C=O) groups excluding carboxylic acids is 3. The van der Waals surface area contributed by atoms with Crippen molar-refractivity contribution in [3.05, 3.63) is 110 Å². The van der Waals surface area contributed by atoms with Crippen LogP contribution in [0.1, 0.15) is 48.3 Å². The maximum atomic E-state index is 14.1. The van der Waals surface area contributed by atoms with Gasteiger partial charge in [0, 0.05) is 16.5 Å². The average Bonchev–Trinajstić information content (AvgIpc) is 3.40. The van der Waals surface area contributed by atoms with E-state index in [0.717, 1.165) is 28.0 Å². The summed E-state index contributed by atoms with van der Waals surface area (Å²) in [5, 5.41) is 2.45. The number of imide groups is 1. The van der Waals surface area contributed by atoms with Crippen molar-refractivity contribution < 1.29 is 18.8 Å². The van der Waals surface area contributed by atoms with E-state index in [4.69, 9.17) is 0 Å². The second-order valence-electron chi connectivity index (χ2n) is 11.9. The summed E-state index contributed by atoms with van der Waals surface area (Å²) < 4.78 is 14.7. The first-order valence-electron chi connectivity index (χ1n) is 13.9. The Hall–Kier alpha value is -4.02. The molecule has 0 aliphatic carbocycles. The van der Waals surface area contributed by atoms with Gasteiger partial charge in [0.15, 0.2) is 0 Å². The number of amides is 3. The third kappa shape index (κ3) is 5.34. The van der Waals surface area contributed by atoms with Crippen LogP contribution in [0, 0.1) is 18.7 Å². The minimum Gasteiger partial charge on any atom is -0.325 e. The van der Waals surface area contributed by atoms with E-state index in [1.807, 2.05) is 43.3 Å². The first kappa shape index (κ1) is 29.1. The SMILES string of the molecule is Cc1ccc(N2C(=O)C3Sc4c(sc(=O)n4CC(=O)Nc4ccc(F)cc4)[C@H](c4ccc(C(C)(C)C)cc4)C3C2=O)cc1. The van der Waals surface area contributed by atoms with Crippen LogP contribution < -0.4 is 15.1 Å². The fourth-order valence-corrected chi connectivity index (χ4v) is 8.40. The Balaban J connectivity index is 1.41. The molecule has 1 fully saturated rings. The lowest BCUT2D eigenvalue weighted by atomic mass is 9.81. The van der Waals surface area contributed by atoms with Gasteiger partial charge in [-0.25, -0.2) is 9.29 Å². The van der Waals surface area contributed by atoms with E-state index >= 15 is 0 Å². The Morgan fingerprint density at radius 1 is 0.907 bits per heavy atom. The molecule has 1 N–H and O–H groups in total. The lowest BCUT2D eigenvalue weighted by Crippen LogP contribution is -2.33. The highest BCUT2D eigenvalue weighted by atomic mass is 32.2. The van der Waals surface area contributed by atoms with Crippen molar-refractivity contribution in [2.45, 2.75) is 55.8 Å². The number of hydrogen-bond donors (Lipinski definition) is 1. The maximum Gasteiger partial charge on any atom is 0.308 e. The Kier molecular flexibility index (Phi) is 7.38. The van der Waals surface area contributed by atoms with E-state index in [1.165, 1.54) is 45.5 Å². The predicted molar refractivity (Wildman–Crippen MR) is 167 cm³/mol. The molecule has 0 saturated carbocycles. The summed E-state index contributed by atoms with van der Waals surface area (Å²) in [6, 6.07) is 20.6. The normalized spacial score (nSPS) is 19.7. The molecule has 1 saturated heterocycles. The van der Waals surface area contributed by atoms with Gasteiger partial charge >= 0.3 is 4.87 Å². The Morgan fingerprint density at radius 2 is 1.56 bits per heavy atom. The lowest BCUT2D eigenvalue weighted by Gasteiger charge is -2.31. The van der Waals surface area contributed by atoms with E-state index in [0.29, 0.717) is 21.3 Å². The highest BCUT2D eigenvalue weighted by Crippen LogP contribution is 2.54. The Bertz CT molecular complexity index is 1790. The van der Waals surface area contributed by atoms with E-state index in [1.54, 1.807) is 12.1 Å². The van der Waals surface area contributed by atoms with Gasteiger partial charge in [0.1, 0.15) is 17.6 Å². The van der Waals surface area contributed by atoms with E-state index in [2.05, 4.69) is 26.1 Å². The number of thioether (sulfide) groups is 1. The van der Waals surface area contributed by atoms with Gasteiger partial charge in [0.25, 0.3) is 0 Å². The number of nitrogens with zero attached hydrogens (tertiary/aromatic N) is 2. The molecule has 43 heavy (non-hydrogen) atoms. The number of benzene rings is 3. The van der Waals surface area contributed by atoms with Crippen LogP contribution in [0.5, 0.6) is 0 Å².